The number of halogens is 3. The Kier molecular flexibility index (Phi) is 9.47. The van der Waals surface area contributed by atoms with E-state index in [4.69, 9.17) is 16.6 Å². The van der Waals surface area contributed by atoms with Crippen LogP contribution < -0.4 is 10.0 Å². The van der Waals surface area contributed by atoms with Gasteiger partial charge in [0.2, 0.25) is 10.0 Å². The van der Waals surface area contributed by atoms with Gasteiger partial charge < -0.3 is 5.32 Å². The van der Waals surface area contributed by atoms with Gasteiger partial charge in [-0.25, -0.2) is 25.6 Å². The molecule has 1 saturated carbocycles. The van der Waals surface area contributed by atoms with E-state index in [1.807, 2.05) is 0 Å². The van der Waals surface area contributed by atoms with Gasteiger partial charge in [-0.1, -0.05) is 23.7 Å². The number of aryl methyl sites for hydroxylation is 1. The first-order valence-corrected chi connectivity index (χ1v) is 19.5. The molecule has 0 unspecified atom stereocenters. The quantitative estimate of drug-likeness (QED) is 0.119. The molecule has 3 heterocycles. The van der Waals surface area contributed by atoms with E-state index in [1.165, 1.54) is 12.3 Å². The second-order valence-corrected chi connectivity index (χ2v) is 18.0. The van der Waals surface area contributed by atoms with E-state index in [-0.39, 0.29) is 52.0 Å². The van der Waals surface area contributed by atoms with Crippen LogP contribution in [-0.4, -0.2) is 64.4 Å². The number of hydrogen-bond acceptors (Lipinski definition) is 8. The number of H-pyrrole nitrogens is 2. The number of amides is 1. The fourth-order valence-corrected chi connectivity index (χ4v) is 8.71. The highest BCUT2D eigenvalue weighted by atomic mass is 35.5. The SMILES string of the molecule is CC(C)(CCc1ccc(-c2ccc(Cl)c3c(NS(C)(=O)=O)n[nH]c23)c([C@H](Cc2cc(F)cc(F)c2)NC(=O)c2ccn[nH]2)n1)S(=O)(=O)C1CC1. The summed E-state index contributed by atoms with van der Waals surface area (Å²) in [6, 6.07) is 10.2. The molecule has 5 aromatic rings. The Morgan fingerprint density at radius 2 is 1.72 bits per heavy atom. The lowest BCUT2D eigenvalue weighted by molar-refractivity contribution is 0.0930. The summed E-state index contributed by atoms with van der Waals surface area (Å²) in [5.74, 6) is -2.20. The number of sulfonamides is 1. The molecule has 12 nitrogen and oxygen atoms in total. The van der Waals surface area contributed by atoms with Gasteiger partial charge in [0.25, 0.3) is 5.91 Å². The summed E-state index contributed by atoms with van der Waals surface area (Å²) in [6.07, 6.45) is 4.11. The van der Waals surface area contributed by atoms with Gasteiger partial charge in [-0.2, -0.15) is 10.2 Å². The number of anilines is 1. The summed E-state index contributed by atoms with van der Waals surface area (Å²) in [4.78, 5) is 18.4. The standard InChI is InChI=1S/C33H34ClF2N7O5S2/c1-33(2,50(47,48)22-5-6-22)12-10-21-4-7-23(24-8-9-25(34)28-30(24)41-42-31(28)43-49(3,45)46)29(38-21)27(39-32(44)26-11-13-37-40-26)16-18-14-19(35)17-20(36)15-18/h4,7-9,11,13-15,17,22,27H,5-6,10,12,16H2,1-3H3,(H,37,40)(H,39,44)(H2,41,42,43)/t27-/m0/s1. The van der Waals surface area contributed by atoms with Crippen molar-refractivity contribution >= 4 is 54.1 Å². The monoisotopic (exact) mass is 745 g/mol. The lowest BCUT2D eigenvalue weighted by atomic mass is 9.93. The Morgan fingerprint density at radius 1 is 1.02 bits per heavy atom. The number of nitrogens with one attached hydrogen (secondary N) is 4. The van der Waals surface area contributed by atoms with Crippen molar-refractivity contribution in [1.82, 2.24) is 30.7 Å². The lowest BCUT2D eigenvalue weighted by Gasteiger charge is -2.26. The van der Waals surface area contributed by atoms with E-state index >= 15 is 0 Å². The number of benzene rings is 2. The highest BCUT2D eigenvalue weighted by Gasteiger charge is 2.45. The van der Waals surface area contributed by atoms with Gasteiger partial charge in [0.15, 0.2) is 15.7 Å². The average Bonchev–Trinajstić information content (AvgIpc) is 3.60. The minimum Gasteiger partial charge on any atom is -0.342 e. The third-order valence-corrected chi connectivity index (χ3v) is 12.7. The van der Waals surface area contributed by atoms with E-state index in [0.29, 0.717) is 40.9 Å². The molecule has 4 N–H and O–H groups in total. The molecule has 1 aliphatic rings. The molecule has 0 spiro atoms. The maximum absolute atomic E-state index is 14.4. The van der Waals surface area contributed by atoms with Crippen LogP contribution in [0, 0.1) is 11.6 Å². The molecule has 264 valence electrons. The molecule has 1 fully saturated rings. The summed E-state index contributed by atoms with van der Waals surface area (Å²) in [5, 5.41) is 16.5. The molecule has 1 atom stereocenters. The number of pyridine rings is 1. The number of aromatic amines is 2. The molecule has 0 aliphatic heterocycles. The van der Waals surface area contributed by atoms with Crippen LogP contribution in [0.15, 0.2) is 54.7 Å². The zero-order chi connectivity index (χ0) is 36.0. The van der Waals surface area contributed by atoms with E-state index < -0.39 is 48.2 Å². The molecule has 6 rings (SSSR count). The van der Waals surface area contributed by atoms with Gasteiger partial charge in [-0.05, 0) is 81.8 Å². The van der Waals surface area contributed by atoms with E-state index in [9.17, 15) is 30.4 Å². The van der Waals surface area contributed by atoms with Crippen LogP contribution in [0.5, 0.6) is 0 Å². The maximum atomic E-state index is 14.4. The topological polar surface area (TPSA) is 180 Å². The highest BCUT2D eigenvalue weighted by molar-refractivity contribution is 7.93. The van der Waals surface area contributed by atoms with Crippen molar-refractivity contribution in [2.75, 3.05) is 11.0 Å². The van der Waals surface area contributed by atoms with E-state index in [2.05, 4.69) is 30.4 Å². The Bertz CT molecular complexity index is 2290. The number of fused-ring (bicyclic) bond motifs is 1. The van der Waals surface area contributed by atoms with Gasteiger partial charge in [-0.3, -0.25) is 24.7 Å². The Balaban J connectivity index is 1.50. The number of aromatic nitrogens is 5. The molecule has 1 amide bonds. The summed E-state index contributed by atoms with van der Waals surface area (Å²) in [7, 11) is -7.11. The van der Waals surface area contributed by atoms with Crippen LogP contribution in [0.1, 0.15) is 66.6 Å². The normalized spacial score (nSPS) is 14.5. The van der Waals surface area contributed by atoms with Gasteiger partial charge in [0.1, 0.15) is 17.3 Å². The number of sulfone groups is 1. The van der Waals surface area contributed by atoms with Crippen LogP contribution in [0.25, 0.3) is 22.0 Å². The molecule has 50 heavy (non-hydrogen) atoms. The predicted molar refractivity (Wildman–Crippen MR) is 186 cm³/mol. The average molecular weight is 746 g/mol. The zero-order valence-electron chi connectivity index (χ0n) is 27.2. The molecule has 0 radical (unpaired) electrons. The van der Waals surface area contributed by atoms with E-state index in [1.54, 1.807) is 38.1 Å². The van der Waals surface area contributed by atoms with Crippen LogP contribution in [0.3, 0.4) is 0 Å². The molecule has 0 saturated heterocycles. The fourth-order valence-electron chi connectivity index (χ4n) is 5.92. The van der Waals surface area contributed by atoms with Crippen molar-refractivity contribution in [1.29, 1.82) is 0 Å². The van der Waals surface area contributed by atoms with Gasteiger partial charge >= 0.3 is 0 Å². The fraction of sp³-hybridized carbons (Fsp3) is 0.333. The molecule has 3 aromatic heterocycles. The summed E-state index contributed by atoms with van der Waals surface area (Å²) in [6.45, 7) is 3.40. The van der Waals surface area contributed by atoms with Crippen molar-refractivity contribution in [3.8, 4) is 11.1 Å². The van der Waals surface area contributed by atoms with Gasteiger partial charge in [0, 0.05) is 29.1 Å². The molecule has 0 bridgehead atoms. The number of carbonyl (C=O) groups excluding carboxylic acids is 1. The summed E-state index contributed by atoms with van der Waals surface area (Å²) in [5.41, 5.74) is 2.46. The molecular weight excluding hydrogens is 712 g/mol. The van der Waals surface area contributed by atoms with Gasteiger partial charge in [0.05, 0.1) is 43.9 Å². The second-order valence-electron chi connectivity index (χ2n) is 13.0. The van der Waals surface area contributed by atoms with Crippen molar-refractivity contribution in [3.05, 3.63) is 94.0 Å². The molecule has 1 aliphatic carbocycles. The molecular formula is C33H34ClF2N7O5S2. The third-order valence-electron chi connectivity index (χ3n) is 8.69. The number of carbonyl (C=O) groups is 1. The summed E-state index contributed by atoms with van der Waals surface area (Å²) < 4.78 is 80.7. The first kappa shape index (κ1) is 35.4. The Hall–Kier alpha value is -4.41. The minimum atomic E-state index is -3.73. The van der Waals surface area contributed by atoms with Crippen molar-refractivity contribution in [3.63, 3.8) is 0 Å². The first-order chi connectivity index (χ1) is 23.5. The minimum absolute atomic E-state index is 0.0288. The van der Waals surface area contributed by atoms with Crippen LogP contribution in [0.2, 0.25) is 5.02 Å². The number of hydrogen-bond donors (Lipinski definition) is 4. The largest absolute Gasteiger partial charge is 0.342 e. The molecule has 17 heteroatoms. The zero-order valence-corrected chi connectivity index (χ0v) is 29.6. The van der Waals surface area contributed by atoms with Crippen LogP contribution in [-0.2, 0) is 32.7 Å². The first-order valence-electron chi connectivity index (χ1n) is 15.7. The third kappa shape index (κ3) is 7.51. The number of nitrogens with zero attached hydrogens (tertiary/aromatic N) is 3. The summed E-state index contributed by atoms with van der Waals surface area (Å²) >= 11 is 6.53. The van der Waals surface area contributed by atoms with Crippen molar-refractivity contribution < 1.29 is 30.4 Å². The second kappa shape index (κ2) is 13.4. The smallest absolute Gasteiger partial charge is 0.269 e. The van der Waals surface area contributed by atoms with Crippen molar-refractivity contribution in [2.24, 2.45) is 0 Å². The van der Waals surface area contributed by atoms with Crippen LogP contribution >= 0.6 is 11.6 Å². The maximum Gasteiger partial charge on any atom is 0.269 e. The van der Waals surface area contributed by atoms with Crippen LogP contribution in [0.4, 0.5) is 14.6 Å². The Labute approximate surface area is 292 Å². The lowest BCUT2D eigenvalue weighted by Crippen LogP contribution is -2.35. The van der Waals surface area contributed by atoms with E-state index in [0.717, 1.165) is 24.5 Å². The molecule has 2 aromatic carbocycles. The number of rotatable bonds is 13. The highest BCUT2D eigenvalue weighted by Crippen LogP contribution is 2.40. The predicted octanol–water partition coefficient (Wildman–Crippen LogP) is 5.65. The Morgan fingerprint density at radius 3 is 2.36 bits per heavy atom. The van der Waals surface area contributed by atoms with Crippen molar-refractivity contribution in [2.45, 2.75) is 62.0 Å². The van der Waals surface area contributed by atoms with Gasteiger partial charge in [-0.15, -0.1) is 0 Å².